The number of ether oxygens (including phenoxy) is 2. The van der Waals surface area contributed by atoms with E-state index in [1.165, 1.54) is 18.1 Å². The molecule has 1 aromatic carbocycles. The van der Waals surface area contributed by atoms with E-state index in [-0.39, 0.29) is 36.2 Å². The van der Waals surface area contributed by atoms with Crippen LogP contribution in [-0.4, -0.2) is 58.3 Å². The van der Waals surface area contributed by atoms with Gasteiger partial charge in [0.1, 0.15) is 5.82 Å². The summed E-state index contributed by atoms with van der Waals surface area (Å²) in [6.07, 6.45) is 0.433. The number of nitrogens with zero attached hydrogens (tertiary/aromatic N) is 6. The number of amides is 1. The van der Waals surface area contributed by atoms with Crippen molar-refractivity contribution in [3.8, 4) is 6.01 Å². The Hall–Kier alpha value is -3.44. The number of hydrogen-bond acceptors (Lipinski definition) is 8. The van der Waals surface area contributed by atoms with Gasteiger partial charge in [0.15, 0.2) is 11.5 Å². The molecular formula is C26H31ClFN7O3. The number of carbonyl (C=O) groups excluding carboxylic acids is 1. The molecule has 0 bridgehead atoms. The second-order valence-corrected chi connectivity index (χ2v) is 10.3. The summed E-state index contributed by atoms with van der Waals surface area (Å²) in [5.74, 6) is -0.0115. The predicted molar refractivity (Wildman–Crippen MR) is 141 cm³/mol. The molecule has 1 atom stereocenters. The van der Waals surface area contributed by atoms with Crippen LogP contribution in [0.25, 0.3) is 0 Å². The molecule has 202 valence electrons. The number of methoxy groups -OCH3 is 1. The summed E-state index contributed by atoms with van der Waals surface area (Å²) in [6, 6.07) is 1.73. The van der Waals surface area contributed by atoms with E-state index in [9.17, 15) is 4.79 Å². The third-order valence-corrected chi connectivity index (χ3v) is 7.68. The van der Waals surface area contributed by atoms with Gasteiger partial charge in [-0.3, -0.25) is 9.48 Å². The lowest BCUT2D eigenvalue weighted by Gasteiger charge is -2.31. The molecular weight excluding hydrogens is 513 g/mol. The summed E-state index contributed by atoms with van der Waals surface area (Å²) in [6.45, 7) is 5.78. The minimum Gasteiger partial charge on any atom is -0.467 e. The minimum absolute atomic E-state index is 0.0286. The fourth-order valence-corrected chi connectivity index (χ4v) is 5.37. The highest BCUT2D eigenvalue weighted by Gasteiger charge is 2.33. The maximum absolute atomic E-state index is 15.1. The fourth-order valence-electron chi connectivity index (χ4n) is 5.11. The molecule has 1 unspecified atom stereocenters. The molecule has 0 saturated carbocycles. The topological polar surface area (TPSA) is 112 Å². The minimum atomic E-state index is -0.655. The highest BCUT2D eigenvalue weighted by molar-refractivity contribution is 6.32. The average molecular weight is 544 g/mol. The molecule has 0 saturated heterocycles. The van der Waals surface area contributed by atoms with E-state index in [2.05, 4.69) is 15.0 Å². The van der Waals surface area contributed by atoms with Gasteiger partial charge in [0.25, 0.3) is 5.91 Å². The number of benzene rings is 1. The van der Waals surface area contributed by atoms with E-state index >= 15 is 4.39 Å². The van der Waals surface area contributed by atoms with Gasteiger partial charge in [-0.1, -0.05) is 11.6 Å². The van der Waals surface area contributed by atoms with Gasteiger partial charge in [-0.05, 0) is 31.9 Å². The van der Waals surface area contributed by atoms with Gasteiger partial charge in [-0.25, -0.2) is 4.39 Å². The van der Waals surface area contributed by atoms with Crippen molar-refractivity contribution in [3.63, 3.8) is 0 Å². The SMILES string of the molecule is COc1nc2c(c(N3CCCn4nc(C(=O)N(C)C)c(C)c4C3)n1)COC(c1c(F)c(N)cc(C)c1Cl)C2. The van der Waals surface area contributed by atoms with Crippen molar-refractivity contribution < 1.29 is 18.7 Å². The number of rotatable bonds is 4. The molecule has 3 aromatic rings. The normalized spacial score (nSPS) is 17.0. The number of nitrogens with two attached hydrogens (primary N) is 1. The highest BCUT2D eigenvalue weighted by Crippen LogP contribution is 2.41. The van der Waals surface area contributed by atoms with Gasteiger partial charge in [0.05, 0.1) is 48.5 Å². The van der Waals surface area contributed by atoms with Gasteiger partial charge in [-0.2, -0.15) is 15.1 Å². The highest BCUT2D eigenvalue weighted by atomic mass is 35.5. The largest absolute Gasteiger partial charge is 0.467 e. The van der Waals surface area contributed by atoms with Gasteiger partial charge in [0.2, 0.25) is 0 Å². The summed E-state index contributed by atoms with van der Waals surface area (Å²) in [5, 5.41) is 4.91. The molecule has 4 heterocycles. The van der Waals surface area contributed by atoms with Crippen LogP contribution >= 0.6 is 11.6 Å². The Bertz CT molecular complexity index is 1400. The maximum Gasteiger partial charge on any atom is 0.318 e. The molecule has 0 fully saturated rings. The van der Waals surface area contributed by atoms with E-state index in [0.29, 0.717) is 47.4 Å². The van der Waals surface area contributed by atoms with E-state index in [0.717, 1.165) is 23.2 Å². The van der Waals surface area contributed by atoms with E-state index < -0.39 is 11.9 Å². The smallest absolute Gasteiger partial charge is 0.318 e. The summed E-state index contributed by atoms with van der Waals surface area (Å²) >= 11 is 6.49. The lowest BCUT2D eigenvalue weighted by atomic mass is 9.96. The summed E-state index contributed by atoms with van der Waals surface area (Å²) in [4.78, 5) is 25.6. The molecule has 0 aliphatic carbocycles. The first kappa shape index (κ1) is 26.2. The summed E-state index contributed by atoms with van der Waals surface area (Å²) in [7, 11) is 4.95. The van der Waals surface area contributed by atoms with Crippen molar-refractivity contribution in [2.75, 3.05) is 38.4 Å². The molecule has 38 heavy (non-hydrogen) atoms. The number of nitrogen functional groups attached to an aromatic ring is 1. The zero-order valence-corrected chi connectivity index (χ0v) is 22.9. The maximum atomic E-state index is 15.1. The lowest BCUT2D eigenvalue weighted by molar-refractivity contribution is 0.0236. The third kappa shape index (κ3) is 4.43. The van der Waals surface area contributed by atoms with Crippen molar-refractivity contribution in [1.82, 2.24) is 24.6 Å². The molecule has 10 nitrogen and oxygen atoms in total. The Morgan fingerprint density at radius 1 is 1.29 bits per heavy atom. The van der Waals surface area contributed by atoms with Crippen LogP contribution in [0.15, 0.2) is 6.07 Å². The van der Waals surface area contributed by atoms with Crippen molar-refractivity contribution in [3.05, 3.63) is 56.2 Å². The molecule has 12 heteroatoms. The average Bonchev–Trinajstić information content (AvgIpc) is 3.06. The van der Waals surface area contributed by atoms with Gasteiger partial charge >= 0.3 is 6.01 Å². The second-order valence-electron chi connectivity index (χ2n) is 9.91. The van der Waals surface area contributed by atoms with Crippen LogP contribution in [0.1, 0.15) is 56.7 Å². The second kappa shape index (κ2) is 10.0. The molecule has 0 radical (unpaired) electrons. The zero-order valence-electron chi connectivity index (χ0n) is 22.1. The standard InChI is InChI=1S/C26H31ClFN7O3/c1-13-9-16(29)22(28)20(21(13)27)19-10-17-15(12-38-19)24(31-26(30-17)37-5)34-7-6-8-35-18(11-34)14(2)23(32-35)25(36)33(3)4/h9,19H,6-8,10-12,29H2,1-5H3. The zero-order chi connectivity index (χ0) is 27.3. The van der Waals surface area contributed by atoms with Crippen LogP contribution in [0.2, 0.25) is 5.02 Å². The Balaban J connectivity index is 1.52. The van der Waals surface area contributed by atoms with Crippen LogP contribution in [0, 0.1) is 19.7 Å². The van der Waals surface area contributed by atoms with E-state index in [1.54, 1.807) is 21.0 Å². The first-order chi connectivity index (χ1) is 18.1. The first-order valence-corrected chi connectivity index (χ1v) is 12.8. The van der Waals surface area contributed by atoms with Crippen molar-refractivity contribution >= 4 is 29.0 Å². The number of halogens is 2. The molecule has 2 N–H and O–H groups in total. The van der Waals surface area contributed by atoms with Crippen LogP contribution in [-0.2, 0) is 30.9 Å². The lowest BCUT2D eigenvalue weighted by Crippen LogP contribution is -2.29. The molecule has 2 aliphatic rings. The number of fused-ring (bicyclic) bond motifs is 2. The Morgan fingerprint density at radius 2 is 2.05 bits per heavy atom. The number of hydrogen-bond donors (Lipinski definition) is 1. The molecule has 2 aromatic heterocycles. The summed E-state index contributed by atoms with van der Waals surface area (Å²) < 4.78 is 28.6. The number of carbonyl (C=O) groups is 1. The quantitative estimate of drug-likeness (QED) is 0.497. The Kier molecular flexibility index (Phi) is 6.91. The van der Waals surface area contributed by atoms with E-state index in [1.807, 2.05) is 11.6 Å². The van der Waals surface area contributed by atoms with Crippen LogP contribution in [0.4, 0.5) is 15.9 Å². The number of anilines is 2. The van der Waals surface area contributed by atoms with Gasteiger partial charge < -0.3 is 25.0 Å². The third-order valence-electron chi connectivity index (χ3n) is 7.17. The van der Waals surface area contributed by atoms with E-state index in [4.69, 9.17) is 31.8 Å². The molecule has 0 spiro atoms. The molecule has 5 rings (SSSR count). The predicted octanol–water partition coefficient (Wildman–Crippen LogP) is 3.60. The van der Waals surface area contributed by atoms with Gasteiger partial charge in [0, 0.05) is 50.3 Å². The Labute approximate surface area is 225 Å². The van der Waals surface area contributed by atoms with Crippen LogP contribution in [0.5, 0.6) is 6.01 Å². The first-order valence-electron chi connectivity index (χ1n) is 12.4. The Morgan fingerprint density at radius 3 is 2.76 bits per heavy atom. The van der Waals surface area contributed by atoms with Gasteiger partial charge in [-0.15, -0.1) is 0 Å². The summed E-state index contributed by atoms with van der Waals surface area (Å²) in [5.41, 5.74) is 10.6. The van der Waals surface area contributed by atoms with Crippen LogP contribution < -0.4 is 15.4 Å². The monoisotopic (exact) mass is 543 g/mol. The number of aryl methyl sites for hydroxylation is 2. The van der Waals surface area contributed by atoms with Crippen LogP contribution in [0.3, 0.4) is 0 Å². The fraction of sp³-hybridized carbons (Fsp3) is 0.462. The van der Waals surface area contributed by atoms with Crippen molar-refractivity contribution in [2.45, 2.75) is 52.5 Å². The molecule has 2 aliphatic heterocycles. The number of aromatic nitrogens is 4. The van der Waals surface area contributed by atoms with Crippen molar-refractivity contribution in [1.29, 1.82) is 0 Å². The molecule has 1 amide bonds. The van der Waals surface area contributed by atoms with Crippen molar-refractivity contribution in [2.24, 2.45) is 0 Å².